The normalized spacial score (nSPS) is 20.3. The molecule has 1 saturated heterocycles. The van der Waals surface area contributed by atoms with Crippen molar-refractivity contribution >= 4 is 17.7 Å². The van der Waals surface area contributed by atoms with E-state index in [1.165, 1.54) is 23.1 Å². The number of aliphatic hydroxyl groups excluding tert-OH is 1. The van der Waals surface area contributed by atoms with Gasteiger partial charge in [0.2, 0.25) is 0 Å². The number of carbonyl (C=O) groups excluding carboxylic acids is 1. The predicted molar refractivity (Wildman–Crippen MR) is 86.9 cm³/mol. The Morgan fingerprint density at radius 2 is 2.09 bits per heavy atom. The highest BCUT2D eigenvalue weighted by Crippen LogP contribution is 2.31. The molecule has 0 saturated carbocycles. The lowest BCUT2D eigenvalue weighted by Crippen LogP contribution is -2.48. The second-order valence-corrected chi connectivity index (χ2v) is 7.32. The molecule has 2 rings (SSSR count). The van der Waals surface area contributed by atoms with Crippen LogP contribution in [-0.4, -0.2) is 34.3 Å². The van der Waals surface area contributed by atoms with Crippen molar-refractivity contribution < 1.29 is 19.0 Å². The SMILES string of the molecule is CC(C)(C)OC(=O)N1CCCC[C@H]1[C@H](O)c1cc(F)cc(Cl)c1. The molecule has 0 unspecified atom stereocenters. The molecule has 1 amide bonds. The molecule has 0 radical (unpaired) electrons. The van der Waals surface area contributed by atoms with Gasteiger partial charge in [-0.05, 0) is 63.8 Å². The number of likely N-dealkylation sites (tertiary alicyclic amines) is 1. The van der Waals surface area contributed by atoms with Crippen LogP contribution in [0.3, 0.4) is 0 Å². The number of hydrogen-bond donors (Lipinski definition) is 1. The number of halogens is 2. The molecule has 1 aromatic carbocycles. The molecule has 0 bridgehead atoms. The second-order valence-electron chi connectivity index (χ2n) is 6.88. The molecule has 2 atom stereocenters. The molecular formula is C17H23ClFNO3. The highest BCUT2D eigenvalue weighted by atomic mass is 35.5. The van der Waals surface area contributed by atoms with Crippen LogP contribution >= 0.6 is 11.6 Å². The van der Waals surface area contributed by atoms with Crippen LogP contribution in [0.4, 0.5) is 9.18 Å². The number of carbonyl (C=O) groups is 1. The Morgan fingerprint density at radius 3 is 2.70 bits per heavy atom. The van der Waals surface area contributed by atoms with E-state index in [-0.39, 0.29) is 5.02 Å². The zero-order chi connectivity index (χ0) is 17.2. The van der Waals surface area contributed by atoms with E-state index in [9.17, 15) is 14.3 Å². The monoisotopic (exact) mass is 343 g/mol. The van der Waals surface area contributed by atoms with Crippen LogP contribution in [0, 0.1) is 5.82 Å². The van der Waals surface area contributed by atoms with Crippen molar-refractivity contribution in [2.45, 2.75) is 57.8 Å². The number of nitrogens with zero attached hydrogens (tertiary/aromatic N) is 1. The van der Waals surface area contributed by atoms with Crippen LogP contribution in [0.25, 0.3) is 0 Å². The van der Waals surface area contributed by atoms with Gasteiger partial charge in [-0.2, -0.15) is 0 Å². The molecule has 0 aliphatic carbocycles. The average molecular weight is 344 g/mol. The van der Waals surface area contributed by atoms with Gasteiger partial charge in [0.15, 0.2) is 0 Å². The number of rotatable bonds is 2. The maximum atomic E-state index is 13.5. The minimum atomic E-state index is -1.00. The number of hydrogen-bond acceptors (Lipinski definition) is 3. The number of aliphatic hydroxyl groups is 1. The molecule has 0 aromatic heterocycles. The maximum Gasteiger partial charge on any atom is 0.410 e. The summed E-state index contributed by atoms with van der Waals surface area (Å²) in [7, 11) is 0. The van der Waals surface area contributed by atoms with Crippen LogP contribution in [0.15, 0.2) is 18.2 Å². The third-order valence-corrected chi connectivity index (χ3v) is 3.99. The average Bonchev–Trinajstić information content (AvgIpc) is 2.43. The number of ether oxygens (including phenoxy) is 1. The zero-order valence-corrected chi connectivity index (χ0v) is 14.4. The molecule has 1 aliphatic rings. The first-order valence-electron chi connectivity index (χ1n) is 7.81. The van der Waals surface area contributed by atoms with E-state index in [2.05, 4.69) is 0 Å². The fraction of sp³-hybridized carbons (Fsp3) is 0.588. The third-order valence-electron chi connectivity index (χ3n) is 3.77. The van der Waals surface area contributed by atoms with E-state index >= 15 is 0 Å². The molecule has 4 nitrogen and oxygen atoms in total. The summed E-state index contributed by atoms with van der Waals surface area (Å²) in [4.78, 5) is 13.9. The summed E-state index contributed by atoms with van der Waals surface area (Å²) < 4.78 is 18.9. The van der Waals surface area contributed by atoms with Gasteiger partial charge in [-0.1, -0.05) is 11.6 Å². The molecular weight excluding hydrogens is 321 g/mol. The van der Waals surface area contributed by atoms with E-state index < -0.39 is 29.7 Å². The lowest BCUT2D eigenvalue weighted by atomic mass is 9.93. The standard InChI is InChI=1S/C17H23ClFNO3/c1-17(2,3)23-16(22)20-7-5-4-6-14(20)15(21)11-8-12(18)10-13(19)9-11/h8-10,14-15,21H,4-7H2,1-3H3/t14-,15+/m0/s1. The van der Waals surface area contributed by atoms with Crippen molar-refractivity contribution in [3.8, 4) is 0 Å². The number of piperidine rings is 1. The third kappa shape index (κ3) is 4.82. The van der Waals surface area contributed by atoms with E-state index in [4.69, 9.17) is 16.3 Å². The molecule has 1 aromatic rings. The van der Waals surface area contributed by atoms with E-state index in [1.54, 1.807) is 20.8 Å². The lowest BCUT2D eigenvalue weighted by molar-refractivity contribution is -0.0169. The van der Waals surface area contributed by atoms with Gasteiger partial charge in [0.1, 0.15) is 11.4 Å². The molecule has 6 heteroatoms. The Balaban J connectivity index is 2.21. The van der Waals surface area contributed by atoms with Crippen molar-refractivity contribution in [1.82, 2.24) is 4.90 Å². The van der Waals surface area contributed by atoms with E-state index in [0.29, 0.717) is 18.5 Å². The second kappa shape index (κ2) is 7.05. The van der Waals surface area contributed by atoms with Crippen LogP contribution in [0.2, 0.25) is 5.02 Å². The Labute approximate surface area is 141 Å². The predicted octanol–water partition coefficient (Wildman–Crippen LogP) is 4.30. The molecule has 1 aliphatic heterocycles. The van der Waals surface area contributed by atoms with Gasteiger partial charge < -0.3 is 14.7 Å². The molecule has 1 heterocycles. The van der Waals surface area contributed by atoms with Gasteiger partial charge in [-0.3, -0.25) is 0 Å². The summed E-state index contributed by atoms with van der Waals surface area (Å²) in [5.74, 6) is -0.508. The van der Waals surface area contributed by atoms with Gasteiger partial charge in [-0.25, -0.2) is 9.18 Å². The summed E-state index contributed by atoms with van der Waals surface area (Å²) in [6.45, 7) is 5.91. The summed E-state index contributed by atoms with van der Waals surface area (Å²) in [6.07, 6.45) is 0.921. The Hall–Kier alpha value is -1.33. The van der Waals surface area contributed by atoms with Gasteiger partial charge in [0.25, 0.3) is 0 Å². The molecule has 1 N–H and O–H groups in total. The van der Waals surface area contributed by atoms with Gasteiger partial charge in [0.05, 0.1) is 12.1 Å². The topological polar surface area (TPSA) is 49.8 Å². The summed E-state index contributed by atoms with van der Waals surface area (Å²) >= 11 is 5.86. The van der Waals surface area contributed by atoms with Crippen molar-refractivity contribution in [2.24, 2.45) is 0 Å². The van der Waals surface area contributed by atoms with E-state index in [1.807, 2.05) is 0 Å². The zero-order valence-electron chi connectivity index (χ0n) is 13.7. The van der Waals surface area contributed by atoms with Gasteiger partial charge >= 0.3 is 6.09 Å². The van der Waals surface area contributed by atoms with Crippen LogP contribution in [-0.2, 0) is 4.74 Å². The summed E-state index contributed by atoms with van der Waals surface area (Å²) in [5.41, 5.74) is -0.234. The first-order chi connectivity index (χ1) is 10.7. The number of benzene rings is 1. The van der Waals surface area contributed by atoms with Gasteiger partial charge in [-0.15, -0.1) is 0 Å². The van der Waals surface area contributed by atoms with Crippen LogP contribution < -0.4 is 0 Å². The highest BCUT2D eigenvalue weighted by molar-refractivity contribution is 6.30. The Kier molecular flexibility index (Phi) is 5.53. The molecule has 128 valence electrons. The molecule has 23 heavy (non-hydrogen) atoms. The minimum Gasteiger partial charge on any atom is -0.444 e. The summed E-state index contributed by atoms with van der Waals surface area (Å²) in [6, 6.07) is 3.51. The fourth-order valence-electron chi connectivity index (χ4n) is 2.80. The van der Waals surface area contributed by atoms with Crippen molar-refractivity contribution in [2.75, 3.05) is 6.54 Å². The van der Waals surface area contributed by atoms with Crippen LogP contribution in [0.1, 0.15) is 51.7 Å². The lowest BCUT2D eigenvalue weighted by Gasteiger charge is -2.39. The maximum absolute atomic E-state index is 13.5. The first-order valence-corrected chi connectivity index (χ1v) is 8.19. The number of amides is 1. The van der Waals surface area contributed by atoms with Crippen LogP contribution in [0.5, 0.6) is 0 Å². The minimum absolute atomic E-state index is 0.221. The highest BCUT2D eigenvalue weighted by Gasteiger charge is 2.35. The van der Waals surface area contributed by atoms with Crippen molar-refractivity contribution in [3.05, 3.63) is 34.6 Å². The van der Waals surface area contributed by atoms with E-state index in [0.717, 1.165) is 12.8 Å². The molecule has 1 fully saturated rings. The Bertz CT molecular complexity index is 553. The largest absolute Gasteiger partial charge is 0.444 e. The summed E-state index contributed by atoms with van der Waals surface area (Å²) in [5, 5.41) is 10.9. The molecule has 0 spiro atoms. The van der Waals surface area contributed by atoms with Crippen molar-refractivity contribution in [3.63, 3.8) is 0 Å². The quantitative estimate of drug-likeness (QED) is 0.870. The van der Waals surface area contributed by atoms with Gasteiger partial charge in [0, 0.05) is 11.6 Å². The Morgan fingerprint density at radius 1 is 1.39 bits per heavy atom. The van der Waals surface area contributed by atoms with Crippen molar-refractivity contribution in [1.29, 1.82) is 0 Å². The first kappa shape index (κ1) is 18.0. The fourth-order valence-corrected chi connectivity index (χ4v) is 3.03. The smallest absolute Gasteiger partial charge is 0.410 e.